The molecule has 0 aliphatic carbocycles. The SMILES string of the molecule is COc1cccc(C(CN2CCN(C(=O)c3sccc3C)CC2)OCc2ccc(C#N)cc2)c1. The van der Waals surface area contributed by atoms with Crippen LogP contribution < -0.4 is 4.74 Å². The average Bonchev–Trinajstić information content (AvgIpc) is 3.32. The molecule has 0 radical (unpaired) electrons. The largest absolute Gasteiger partial charge is 0.497 e. The minimum absolute atomic E-state index is 0.133. The highest BCUT2D eigenvalue weighted by Crippen LogP contribution is 2.26. The molecule has 1 fully saturated rings. The number of methoxy groups -OCH3 is 1. The Morgan fingerprint density at radius 3 is 2.53 bits per heavy atom. The van der Waals surface area contributed by atoms with Crippen LogP contribution in [0.5, 0.6) is 5.75 Å². The van der Waals surface area contributed by atoms with E-state index in [0.29, 0.717) is 25.3 Å². The molecule has 2 aromatic carbocycles. The lowest BCUT2D eigenvalue weighted by atomic mass is 10.1. The molecule has 0 saturated carbocycles. The van der Waals surface area contributed by atoms with Crippen LogP contribution in [-0.4, -0.2) is 55.5 Å². The number of ether oxygens (including phenoxy) is 2. The van der Waals surface area contributed by atoms with Crippen molar-refractivity contribution in [2.75, 3.05) is 39.8 Å². The summed E-state index contributed by atoms with van der Waals surface area (Å²) in [5, 5.41) is 11.0. The Hall–Kier alpha value is -3.18. The molecule has 1 saturated heterocycles. The Labute approximate surface area is 204 Å². The van der Waals surface area contributed by atoms with Gasteiger partial charge in [0.25, 0.3) is 5.91 Å². The quantitative estimate of drug-likeness (QED) is 0.474. The summed E-state index contributed by atoms with van der Waals surface area (Å²) in [5.74, 6) is 0.930. The second kappa shape index (κ2) is 11.3. The highest BCUT2D eigenvalue weighted by Gasteiger charge is 2.26. The fraction of sp³-hybridized carbons (Fsp3) is 0.333. The maximum Gasteiger partial charge on any atom is 0.264 e. The first-order chi connectivity index (χ1) is 16.6. The number of nitriles is 1. The molecule has 176 valence electrons. The first kappa shape index (κ1) is 24.0. The molecule has 1 unspecified atom stereocenters. The molecule has 7 heteroatoms. The van der Waals surface area contributed by atoms with Crippen LogP contribution in [0.4, 0.5) is 0 Å². The van der Waals surface area contributed by atoms with Crippen molar-refractivity contribution in [3.05, 3.63) is 87.1 Å². The Morgan fingerprint density at radius 1 is 1.12 bits per heavy atom. The Morgan fingerprint density at radius 2 is 1.88 bits per heavy atom. The van der Waals surface area contributed by atoms with Crippen molar-refractivity contribution < 1.29 is 14.3 Å². The van der Waals surface area contributed by atoms with Crippen LogP contribution in [-0.2, 0) is 11.3 Å². The highest BCUT2D eigenvalue weighted by atomic mass is 32.1. The van der Waals surface area contributed by atoms with E-state index in [1.54, 1.807) is 7.11 Å². The standard InChI is InChI=1S/C27H29N3O3S/c1-20-10-15-34-26(20)27(31)30-13-11-29(12-14-30)18-25(23-4-3-5-24(16-23)32-2)33-19-22-8-6-21(17-28)7-9-22/h3-10,15-16,25H,11-14,18-19H2,1-2H3. The topological polar surface area (TPSA) is 65.8 Å². The number of nitrogens with zero attached hydrogens (tertiary/aromatic N) is 3. The van der Waals surface area contributed by atoms with Gasteiger partial charge >= 0.3 is 0 Å². The first-order valence-electron chi connectivity index (χ1n) is 11.4. The van der Waals surface area contributed by atoms with Gasteiger partial charge in [-0.2, -0.15) is 5.26 Å². The molecule has 1 atom stereocenters. The van der Waals surface area contributed by atoms with E-state index in [-0.39, 0.29) is 12.0 Å². The van der Waals surface area contributed by atoms with Gasteiger partial charge in [0.2, 0.25) is 0 Å². The van der Waals surface area contributed by atoms with Gasteiger partial charge in [0.05, 0.1) is 36.3 Å². The molecule has 6 nitrogen and oxygen atoms in total. The maximum atomic E-state index is 12.9. The van der Waals surface area contributed by atoms with Crippen molar-refractivity contribution in [2.24, 2.45) is 0 Å². The van der Waals surface area contributed by atoms with E-state index < -0.39 is 0 Å². The fourth-order valence-electron chi connectivity index (χ4n) is 4.07. The van der Waals surface area contributed by atoms with E-state index in [1.165, 1.54) is 11.3 Å². The van der Waals surface area contributed by atoms with Crippen LogP contribution in [0.3, 0.4) is 0 Å². The minimum Gasteiger partial charge on any atom is -0.497 e. The number of hydrogen-bond acceptors (Lipinski definition) is 6. The summed E-state index contributed by atoms with van der Waals surface area (Å²) in [6.45, 7) is 6.18. The third-order valence-corrected chi connectivity index (χ3v) is 7.14. The minimum atomic E-state index is -0.146. The summed E-state index contributed by atoms with van der Waals surface area (Å²) in [6.07, 6.45) is -0.146. The number of benzene rings is 2. The van der Waals surface area contributed by atoms with Crippen molar-refractivity contribution in [2.45, 2.75) is 19.6 Å². The summed E-state index contributed by atoms with van der Waals surface area (Å²) in [7, 11) is 1.66. The summed E-state index contributed by atoms with van der Waals surface area (Å²) < 4.78 is 11.8. The van der Waals surface area contributed by atoms with Crippen molar-refractivity contribution in [3.63, 3.8) is 0 Å². The van der Waals surface area contributed by atoms with E-state index in [2.05, 4.69) is 17.0 Å². The van der Waals surface area contributed by atoms with Crippen LogP contribution in [0.1, 0.15) is 38.0 Å². The molecule has 3 aromatic rings. The van der Waals surface area contributed by atoms with Crippen molar-refractivity contribution >= 4 is 17.2 Å². The van der Waals surface area contributed by atoms with Gasteiger partial charge in [-0.05, 0) is 59.3 Å². The maximum absolute atomic E-state index is 12.9. The van der Waals surface area contributed by atoms with Gasteiger partial charge in [0, 0.05) is 32.7 Å². The Bertz CT molecular complexity index is 1140. The smallest absolute Gasteiger partial charge is 0.264 e. The third kappa shape index (κ3) is 5.84. The van der Waals surface area contributed by atoms with Gasteiger partial charge in [-0.3, -0.25) is 9.69 Å². The van der Waals surface area contributed by atoms with Crippen LogP contribution in [0.25, 0.3) is 0 Å². The second-order valence-electron chi connectivity index (χ2n) is 8.41. The number of amides is 1. The Kier molecular flexibility index (Phi) is 7.96. The van der Waals surface area contributed by atoms with Crippen molar-refractivity contribution in [1.29, 1.82) is 5.26 Å². The molecule has 1 aliphatic rings. The van der Waals surface area contributed by atoms with Gasteiger partial charge in [0.15, 0.2) is 0 Å². The fourth-order valence-corrected chi connectivity index (χ4v) is 4.96. The second-order valence-corrected chi connectivity index (χ2v) is 9.33. The van der Waals surface area contributed by atoms with E-state index in [1.807, 2.05) is 65.7 Å². The van der Waals surface area contributed by atoms with Gasteiger partial charge in [-0.25, -0.2) is 0 Å². The summed E-state index contributed by atoms with van der Waals surface area (Å²) >= 11 is 1.52. The average molecular weight is 476 g/mol. The molecule has 0 N–H and O–H groups in total. The number of aryl methyl sites for hydroxylation is 1. The summed E-state index contributed by atoms with van der Waals surface area (Å²) in [4.78, 5) is 18.0. The van der Waals surface area contributed by atoms with Crippen molar-refractivity contribution in [3.8, 4) is 11.8 Å². The molecule has 34 heavy (non-hydrogen) atoms. The van der Waals surface area contributed by atoms with E-state index in [9.17, 15) is 4.79 Å². The summed E-state index contributed by atoms with van der Waals surface area (Å²) in [6, 6.07) is 19.6. The predicted octanol–water partition coefficient (Wildman–Crippen LogP) is 4.65. The molecular formula is C27H29N3O3S. The molecule has 2 heterocycles. The number of piperazine rings is 1. The number of thiophene rings is 1. The third-order valence-electron chi connectivity index (χ3n) is 6.14. The number of hydrogen-bond donors (Lipinski definition) is 0. The lowest BCUT2D eigenvalue weighted by Crippen LogP contribution is -2.49. The van der Waals surface area contributed by atoms with Gasteiger partial charge in [-0.15, -0.1) is 11.3 Å². The lowest BCUT2D eigenvalue weighted by molar-refractivity contribution is 0.00338. The Balaban J connectivity index is 1.41. The molecule has 1 amide bonds. The molecule has 4 rings (SSSR count). The van der Waals surface area contributed by atoms with Crippen LogP contribution in [0, 0.1) is 18.3 Å². The summed E-state index contributed by atoms with van der Waals surface area (Å²) in [5.41, 5.74) is 3.76. The van der Waals surface area contributed by atoms with Gasteiger partial charge in [0.1, 0.15) is 5.75 Å². The number of carbonyl (C=O) groups excluding carboxylic acids is 1. The molecular weight excluding hydrogens is 446 g/mol. The monoisotopic (exact) mass is 475 g/mol. The molecule has 0 bridgehead atoms. The van der Waals surface area contributed by atoms with Crippen molar-refractivity contribution in [1.82, 2.24) is 9.80 Å². The first-order valence-corrected chi connectivity index (χ1v) is 12.3. The molecule has 1 aliphatic heterocycles. The predicted molar refractivity (Wildman–Crippen MR) is 133 cm³/mol. The van der Waals surface area contributed by atoms with E-state index in [4.69, 9.17) is 14.7 Å². The number of rotatable bonds is 8. The zero-order chi connectivity index (χ0) is 23.9. The molecule has 1 aromatic heterocycles. The zero-order valence-electron chi connectivity index (χ0n) is 19.6. The zero-order valence-corrected chi connectivity index (χ0v) is 20.4. The van der Waals surface area contributed by atoms with E-state index in [0.717, 1.165) is 47.0 Å². The van der Waals surface area contributed by atoms with Gasteiger partial charge < -0.3 is 14.4 Å². The van der Waals surface area contributed by atoms with Crippen LogP contribution in [0.15, 0.2) is 60.0 Å². The molecule has 0 spiro atoms. The van der Waals surface area contributed by atoms with Crippen LogP contribution in [0.2, 0.25) is 0 Å². The van der Waals surface area contributed by atoms with E-state index >= 15 is 0 Å². The van der Waals surface area contributed by atoms with Crippen LogP contribution >= 0.6 is 11.3 Å². The lowest BCUT2D eigenvalue weighted by Gasteiger charge is -2.36. The number of carbonyl (C=O) groups is 1. The van der Waals surface area contributed by atoms with Gasteiger partial charge in [-0.1, -0.05) is 24.3 Å². The normalized spacial score (nSPS) is 15.0. The highest BCUT2D eigenvalue weighted by molar-refractivity contribution is 7.12.